The number of halogens is 3. The standard InChI is InChI=1S/C14H10Cl2FNO3/c1-21-11-4-2-3-9(17)12(11)14(20)18-10-6-7(15)5-8(16)13(10)19/h2-6,19H,1H3,(H,18,20). The molecule has 0 spiro atoms. The molecule has 0 aliphatic carbocycles. The summed E-state index contributed by atoms with van der Waals surface area (Å²) in [4.78, 5) is 12.2. The van der Waals surface area contributed by atoms with Crippen molar-refractivity contribution >= 4 is 34.8 Å². The Balaban J connectivity index is 2.40. The third kappa shape index (κ3) is 3.20. The molecule has 0 saturated carbocycles. The molecule has 0 aliphatic rings. The van der Waals surface area contributed by atoms with Crippen molar-refractivity contribution < 1.29 is 19.0 Å². The fourth-order valence-corrected chi connectivity index (χ4v) is 2.23. The van der Waals surface area contributed by atoms with E-state index in [4.69, 9.17) is 27.9 Å². The van der Waals surface area contributed by atoms with Gasteiger partial charge in [-0.3, -0.25) is 4.79 Å². The van der Waals surface area contributed by atoms with E-state index in [0.29, 0.717) is 0 Å². The highest BCUT2D eigenvalue weighted by Crippen LogP contribution is 2.35. The summed E-state index contributed by atoms with van der Waals surface area (Å²) in [5.74, 6) is -1.83. The van der Waals surface area contributed by atoms with Gasteiger partial charge in [-0.15, -0.1) is 0 Å². The first-order chi connectivity index (χ1) is 9.93. The normalized spacial score (nSPS) is 10.3. The number of carbonyl (C=O) groups is 1. The van der Waals surface area contributed by atoms with Crippen LogP contribution >= 0.6 is 23.2 Å². The lowest BCUT2D eigenvalue weighted by Gasteiger charge is -2.12. The monoisotopic (exact) mass is 329 g/mol. The fraction of sp³-hybridized carbons (Fsp3) is 0.0714. The summed E-state index contributed by atoms with van der Waals surface area (Å²) < 4.78 is 18.7. The summed E-state index contributed by atoms with van der Waals surface area (Å²) in [6.45, 7) is 0. The quantitative estimate of drug-likeness (QED) is 0.833. The smallest absolute Gasteiger partial charge is 0.262 e. The molecule has 0 fully saturated rings. The molecule has 0 aromatic heterocycles. The number of aromatic hydroxyl groups is 1. The van der Waals surface area contributed by atoms with Gasteiger partial charge in [-0.25, -0.2) is 4.39 Å². The minimum Gasteiger partial charge on any atom is -0.504 e. The van der Waals surface area contributed by atoms with Gasteiger partial charge in [0.25, 0.3) is 5.91 Å². The van der Waals surface area contributed by atoms with E-state index in [1.807, 2.05) is 0 Å². The lowest BCUT2D eigenvalue weighted by molar-refractivity contribution is 0.101. The van der Waals surface area contributed by atoms with Crippen LogP contribution in [0.5, 0.6) is 11.5 Å². The Kier molecular flexibility index (Phi) is 4.55. The summed E-state index contributed by atoms with van der Waals surface area (Å²) in [5, 5.41) is 12.3. The van der Waals surface area contributed by atoms with E-state index in [1.165, 1.54) is 31.4 Å². The third-order valence-corrected chi connectivity index (χ3v) is 3.21. The predicted molar refractivity (Wildman–Crippen MR) is 79.0 cm³/mol. The minimum atomic E-state index is -0.793. The molecule has 21 heavy (non-hydrogen) atoms. The van der Waals surface area contributed by atoms with Gasteiger partial charge in [-0.1, -0.05) is 29.3 Å². The molecule has 0 unspecified atom stereocenters. The van der Waals surface area contributed by atoms with Crippen LogP contribution in [0.3, 0.4) is 0 Å². The number of carbonyl (C=O) groups excluding carboxylic acids is 1. The third-order valence-electron chi connectivity index (χ3n) is 2.70. The molecule has 0 bridgehead atoms. The largest absolute Gasteiger partial charge is 0.504 e. The average Bonchev–Trinajstić information content (AvgIpc) is 2.43. The second kappa shape index (κ2) is 6.20. The molecule has 7 heteroatoms. The summed E-state index contributed by atoms with van der Waals surface area (Å²) in [6.07, 6.45) is 0. The van der Waals surface area contributed by atoms with E-state index < -0.39 is 11.7 Å². The van der Waals surface area contributed by atoms with Crippen LogP contribution in [0.15, 0.2) is 30.3 Å². The Morgan fingerprint density at radius 2 is 2.05 bits per heavy atom. The zero-order valence-corrected chi connectivity index (χ0v) is 12.3. The molecular weight excluding hydrogens is 320 g/mol. The molecule has 1 amide bonds. The average molecular weight is 330 g/mol. The molecule has 2 aromatic carbocycles. The maximum absolute atomic E-state index is 13.8. The fourth-order valence-electron chi connectivity index (χ4n) is 1.74. The topological polar surface area (TPSA) is 58.6 Å². The van der Waals surface area contributed by atoms with Crippen LogP contribution in [0.4, 0.5) is 10.1 Å². The van der Waals surface area contributed by atoms with Gasteiger partial charge in [0.05, 0.1) is 17.8 Å². The Morgan fingerprint density at radius 3 is 2.71 bits per heavy atom. The van der Waals surface area contributed by atoms with Crippen molar-refractivity contribution in [1.29, 1.82) is 0 Å². The number of phenolic OH excluding ortho intramolecular Hbond substituents is 1. The Bertz CT molecular complexity index is 707. The molecule has 0 heterocycles. The number of phenols is 1. The molecule has 2 N–H and O–H groups in total. The molecule has 0 saturated heterocycles. The maximum atomic E-state index is 13.8. The van der Waals surface area contributed by atoms with Crippen LogP contribution in [0.25, 0.3) is 0 Å². The van der Waals surface area contributed by atoms with E-state index in [1.54, 1.807) is 0 Å². The zero-order valence-electron chi connectivity index (χ0n) is 10.8. The van der Waals surface area contributed by atoms with Crippen LogP contribution in [0.2, 0.25) is 10.0 Å². The summed E-state index contributed by atoms with van der Waals surface area (Å²) in [6, 6.07) is 6.61. The van der Waals surface area contributed by atoms with Crippen molar-refractivity contribution in [2.24, 2.45) is 0 Å². The van der Waals surface area contributed by atoms with E-state index >= 15 is 0 Å². The van der Waals surface area contributed by atoms with Crippen LogP contribution in [0, 0.1) is 5.82 Å². The van der Waals surface area contributed by atoms with Crippen molar-refractivity contribution in [1.82, 2.24) is 0 Å². The number of hydrogen-bond donors (Lipinski definition) is 2. The molecule has 2 rings (SSSR count). The molecule has 110 valence electrons. The first kappa shape index (κ1) is 15.4. The molecule has 4 nitrogen and oxygen atoms in total. The number of rotatable bonds is 3. The number of benzene rings is 2. The number of nitrogens with one attached hydrogen (secondary N) is 1. The molecule has 2 aromatic rings. The van der Waals surface area contributed by atoms with Gasteiger partial charge in [-0.05, 0) is 24.3 Å². The maximum Gasteiger partial charge on any atom is 0.262 e. The van der Waals surface area contributed by atoms with Gasteiger partial charge in [-0.2, -0.15) is 0 Å². The van der Waals surface area contributed by atoms with E-state index in [0.717, 1.165) is 6.07 Å². The number of anilines is 1. The molecular formula is C14H10Cl2FNO3. The minimum absolute atomic E-state index is 0.0252. The van der Waals surface area contributed by atoms with Gasteiger partial charge >= 0.3 is 0 Å². The van der Waals surface area contributed by atoms with E-state index in [2.05, 4.69) is 5.32 Å². The lowest BCUT2D eigenvalue weighted by atomic mass is 10.1. The number of methoxy groups -OCH3 is 1. The highest BCUT2D eigenvalue weighted by molar-refractivity contribution is 6.36. The van der Waals surface area contributed by atoms with E-state index in [9.17, 15) is 14.3 Å². The number of hydrogen-bond acceptors (Lipinski definition) is 3. The summed E-state index contributed by atoms with van der Waals surface area (Å²) in [5.41, 5.74) is -0.307. The SMILES string of the molecule is COc1cccc(F)c1C(=O)Nc1cc(Cl)cc(Cl)c1O. The lowest BCUT2D eigenvalue weighted by Crippen LogP contribution is -2.15. The second-order valence-corrected chi connectivity index (χ2v) is 4.90. The Morgan fingerprint density at radius 1 is 1.33 bits per heavy atom. The summed E-state index contributed by atoms with van der Waals surface area (Å²) in [7, 11) is 1.32. The van der Waals surface area contributed by atoms with Gasteiger partial charge in [0.15, 0.2) is 5.75 Å². The number of amides is 1. The van der Waals surface area contributed by atoms with Crippen LogP contribution in [0.1, 0.15) is 10.4 Å². The van der Waals surface area contributed by atoms with Crippen molar-refractivity contribution in [3.63, 3.8) is 0 Å². The van der Waals surface area contributed by atoms with Gasteiger partial charge in [0.2, 0.25) is 0 Å². The molecule has 0 radical (unpaired) electrons. The first-order valence-electron chi connectivity index (χ1n) is 5.76. The van der Waals surface area contributed by atoms with Crippen molar-refractivity contribution in [2.45, 2.75) is 0 Å². The van der Waals surface area contributed by atoms with Crippen LogP contribution in [-0.4, -0.2) is 18.1 Å². The van der Waals surface area contributed by atoms with Gasteiger partial charge in [0.1, 0.15) is 17.1 Å². The Hall–Kier alpha value is -1.98. The molecule has 0 aliphatic heterocycles. The van der Waals surface area contributed by atoms with Gasteiger partial charge in [0, 0.05) is 5.02 Å². The van der Waals surface area contributed by atoms with Crippen LogP contribution in [-0.2, 0) is 0 Å². The van der Waals surface area contributed by atoms with Crippen molar-refractivity contribution in [3.05, 3.63) is 51.8 Å². The van der Waals surface area contributed by atoms with Crippen molar-refractivity contribution in [2.75, 3.05) is 12.4 Å². The number of ether oxygens (including phenoxy) is 1. The predicted octanol–water partition coefficient (Wildman–Crippen LogP) is 4.10. The van der Waals surface area contributed by atoms with Crippen LogP contribution < -0.4 is 10.1 Å². The highest BCUT2D eigenvalue weighted by Gasteiger charge is 2.19. The zero-order chi connectivity index (χ0) is 15.6. The highest BCUT2D eigenvalue weighted by atomic mass is 35.5. The van der Waals surface area contributed by atoms with Gasteiger partial charge < -0.3 is 15.2 Å². The Labute approximate surface area is 130 Å². The van der Waals surface area contributed by atoms with E-state index in [-0.39, 0.29) is 32.8 Å². The summed E-state index contributed by atoms with van der Waals surface area (Å²) >= 11 is 11.5. The second-order valence-electron chi connectivity index (χ2n) is 4.05. The van der Waals surface area contributed by atoms with Crippen molar-refractivity contribution in [3.8, 4) is 11.5 Å². The molecule has 0 atom stereocenters. The first-order valence-corrected chi connectivity index (χ1v) is 6.51.